The number of nitrogens with one attached hydrogen (secondary N) is 1. The highest BCUT2D eigenvalue weighted by Crippen LogP contribution is 2.18. The average molecular weight is 253 g/mol. The predicted octanol–water partition coefficient (Wildman–Crippen LogP) is 2.73. The first-order valence-corrected chi connectivity index (χ1v) is 5.56. The third-order valence-corrected chi connectivity index (χ3v) is 2.36. The second kappa shape index (κ2) is 6.16. The Morgan fingerprint density at radius 1 is 1.22 bits per heavy atom. The molecule has 2 aromatic rings. The van der Waals surface area contributed by atoms with Crippen LogP contribution in [0.5, 0.6) is 5.75 Å². The zero-order valence-electron chi connectivity index (χ0n) is 9.66. The fourth-order valence-corrected chi connectivity index (χ4v) is 1.45. The fourth-order valence-electron chi connectivity index (χ4n) is 1.45. The van der Waals surface area contributed by atoms with Gasteiger partial charge in [0.25, 0.3) is 0 Å². The van der Waals surface area contributed by atoms with Gasteiger partial charge in [-0.15, -0.1) is 0 Å². The van der Waals surface area contributed by atoms with Crippen LogP contribution in [0.4, 0.5) is 8.78 Å². The van der Waals surface area contributed by atoms with E-state index in [9.17, 15) is 8.78 Å². The third-order valence-electron chi connectivity index (χ3n) is 2.36. The number of halogens is 2. The molecule has 0 spiro atoms. The second-order valence-electron chi connectivity index (χ2n) is 3.71. The maximum atomic E-state index is 13.2. The van der Waals surface area contributed by atoms with Gasteiger partial charge < -0.3 is 14.5 Å². The number of benzene rings is 1. The molecule has 1 heterocycles. The van der Waals surface area contributed by atoms with Crippen molar-refractivity contribution in [3.05, 3.63) is 54.0 Å². The standard InChI is InChI=1S/C13H13F2NO2/c14-11-2-1-3-12(13(11)15)18-7-5-16-8-10-4-6-17-9-10/h1-4,6,9,16H,5,7-8H2. The lowest BCUT2D eigenvalue weighted by molar-refractivity contribution is 0.292. The quantitative estimate of drug-likeness (QED) is 0.804. The monoisotopic (exact) mass is 253 g/mol. The van der Waals surface area contributed by atoms with Gasteiger partial charge in [-0.25, -0.2) is 4.39 Å². The van der Waals surface area contributed by atoms with E-state index in [0.29, 0.717) is 13.1 Å². The van der Waals surface area contributed by atoms with Gasteiger partial charge in [0, 0.05) is 18.7 Å². The summed E-state index contributed by atoms with van der Waals surface area (Å²) in [6, 6.07) is 5.71. The molecule has 0 aliphatic rings. The lowest BCUT2D eigenvalue weighted by atomic mass is 10.3. The fraction of sp³-hybridized carbons (Fsp3) is 0.231. The molecule has 0 saturated carbocycles. The van der Waals surface area contributed by atoms with Crippen LogP contribution in [0.15, 0.2) is 41.2 Å². The van der Waals surface area contributed by atoms with Gasteiger partial charge in [-0.05, 0) is 18.2 Å². The van der Waals surface area contributed by atoms with Crippen molar-refractivity contribution >= 4 is 0 Å². The molecule has 0 amide bonds. The van der Waals surface area contributed by atoms with Crippen LogP contribution < -0.4 is 10.1 Å². The van der Waals surface area contributed by atoms with Crippen LogP contribution in [0.3, 0.4) is 0 Å². The molecule has 3 nitrogen and oxygen atoms in total. The van der Waals surface area contributed by atoms with Crippen molar-refractivity contribution in [1.29, 1.82) is 0 Å². The minimum absolute atomic E-state index is 0.0693. The van der Waals surface area contributed by atoms with Gasteiger partial charge in [-0.3, -0.25) is 0 Å². The second-order valence-corrected chi connectivity index (χ2v) is 3.71. The Kier molecular flexibility index (Phi) is 4.30. The molecule has 0 unspecified atom stereocenters. The molecule has 5 heteroatoms. The highest BCUT2D eigenvalue weighted by atomic mass is 19.2. The van der Waals surface area contributed by atoms with E-state index in [4.69, 9.17) is 9.15 Å². The molecule has 1 N–H and O–H groups in total. The minimum Gasteiger partial charge on any atom is -0.489 e. The molecule has 0 aliphatic carbocycles. The first kappa shape index (κ1) is 12.6. The van der Waals surface area contributed by atoms with Crippen LogP contribution in [-0.4, -0.2) is 13.2 Å². The summed E-state index contributed by atoms with van der Waals surface area (Å²) >= 11 is 0. The molecular formula is C13H13F2NO2. The van der Waals surface area contributed by atoms with E-state index in [0.717, 1.165) is 11.6 Å². The Labute approximate surface area is 103 Å². The van der Waals surface area contributed by atoms with E-state index in [1.165, 1.54) is 12.1 Å². The third kappa shape index (κ3) is 3.30. The number of hydrogen-bond acceptors (Lipinski definition) is 3. The van der Waals surface area contributed by atoms with Gasteiger partial charge in [-0.1, -0.05) is 6.07 Å². The van der Waals surface area contributed by atoms with E-state index in [-0.39, 0.29) is 12.4 Å². The summed E-state index contributed by atoms with van der Waals surface area (Å²) in [6.07, 6.45) is 3.23. The van der Waals surface area contributed by atoms with E-state index in [1.54, 1.807) is 12.5 Å². The molecule has 0 aliphatic heterocycles. The summed E-state index contributed by atoms with van der Waals surface area (Å²) in [7, 11) is 0. The summed E-state index contributed by atoms with van der Waals surface area (Å²) in [5.74, 6) is -1.92. The maximum Gasteiger partial charge on any atom is 0.200 e. The average Bonchev–Trinajstić information content (AvgIpc) is 2.87. The van der Waals surface area contributed by atoms with Gasteiger partial charge in [0.2, 0.25) is 5.82 Å². The Balaban J connectivity index is 1.70. The molecule has 2 rings (SSSR count). The zero-order valence-corrected chi connectivity index (χ0v) is 9.66. The highest BCUT2D eigenvalue weighted by molar-refractivity contribution is 5.24. The Morgan fingerprint density at radius 2 is 2.11 bits per heavy atom. The SMILES string of the molecule is Fc1cccc(OCCNCc2ccoc2)c1F. The molecule has 0 fully saturated rings. The van der Waals surface area contributed by atoms with Crippen LogP contribution in [0.1, 0.15) is 5.56 Å². The van der Waals surface area contributed by atoms with Crippen molar-refractivity contribution in [2.45, 2.75) is 6.54 Å². The van der Waals surface area contributed by atoms with Gasteiger partial charge in [-0.2, -0.15) is 4.39 Å². The zero-order chi connectivity index (χ0) is 12.8. The van der Waals surface area contributed by atoms with Crippen LogP contribution in [0, 0.1) is 11.6 Å². The summed E-state index contributed by atoms with van der Waals surface area (Å²) in [6.45, 7) is 1.44. The first-order chi connectivity index (χ1) is 8.77. The van der Waals surface area contributed by atoms with E-state index in [2.05, 4.69) is 5.32 Å². The van der Waals surface area contributed by atoms with Gasteiger partial charge in [0.15, 0.2) is 11.6 Å². The van der Waals surface area contributed by atoms with E-state index >= 15 is 0 Å². The van der Waals surface area contributed by atoms with Gasteiger partial charge in [0.05, 0.1) is 12.5 Å². The summed E-state index contributed by atoms with van der Waals surface area (Å²) in [5, 5.41) is 3.09. The van der Waals surface area contributed by atoms with Gasteiger partial charge in [0.1, 0.15) is 6.61 Å². The number of furan rings is 1. The van der Waals surface area contributed by atoms with Crippen molar-refractivity contribution in [2.24, 2.45) is 0 Å². The van der Waals surface area contributed by atoms with Crippen molar-refractivity contribution in [2.75, 3.05) is 13.2 Å². The largest absolute Gasteiger partial charge is 0.489 e. The minimum atomic E-state index is -0.952. The Hall–Kier alpha value is -1.88. The van der Waals surface area contributed by atoms with Gasteiger partial charge >= 0.3 is 0 Å². The van der Waals surface area contributed by atoms with Crippen LogP contribution in [0.25, 0.3) is 0 Å². The molecule has 0 saturated heterocycles. The normalized spacial score (nSPS) is 10.6. The molecule has 18 heavy (non-hydrogen) atoms. The molecule has 1 aromatic heterocycles. The Morgan fingerprint density at radius 3 is 2.89 bits per heavy atom. The number of hydrogen-bond donors (Lipinski definition) is 1. The molecule has 0 atom stereocenters. The predicted molar refractivity (Wildman–Crippen MR) is 62.3 cm³/mol. The summed E-state index contributed by atoms with van der Waals surface area (Å²) < 4.78 is 36.1. The van der Waals surface area contributed by atoms with Crippen LogP contribution in [0.2, 0.25) is 0 Å². The van der Waals surface area contributed by atoms with Crippen molar-refractivity contribution < 1.29 is 17.9 Å². The van der Waals surface area contributed by atoms with E-state index in [1.807, 2.05) is 6.07 Å². The number of ether oxygens (including phenoxy) is 1. The van der Waals surface area contributed by atoms with Crippen molar-refractivity contribution in [3.63, 3.8) is 0 Å². The maximum absolute atomic E-state index is 13.2. The molecule has 0 bridgehead atoms. The topological polar surface area (TPSA) is 34.4 Å². The molecule has 96 valence electrons. The number of rotatable bonds is 6. The van der Waals surface area contributed by atoms with Crippen molar-refractivity contribution in [1.82, 2.24) is 5.32 Å². The van der Waals surface area contributed by atoms with E-state index < -0.39 is 11.6 Å². The molecule has 0 radical (unpaired) electrons. The molecular weight excluding hydrogens is 240 g/mol. The van der Waals surface area contributed by atoms with Crippen LogP contribution >= 0.6 is 0 Å². The first-order valence-electron chi connectivity index (χ1n) is 5.56. The lowest BCUT2D eigenvalue weighted by Crippen LogP contribution is -2.20. The highest BCUT2D eigenvalue weighted by Gasteiger charge is 2.07. The molecule has 1 aromatic carbocycles. The lowest BCUT2D eigenvalue weighted by Gasteiger charge is -2.08. The smallest absolute Gasteiger partial charge is 0.200 e. The van der Waals surface area contributed by atoms with Crippen LogP contribution in [-0.2, 0) is 6.54 Å². The van der Waals surface area contributed by atoms with Crippen molar-refractivity contribution in [3.8, 4) is 5.75 Å². The Bertz CT molecular complexity index is 486. The summed E-state index contributed by atoms with van der Waals surface area (Å²) in [5.41, 5.74) is 1.02. The summed E-state index contributed by atoms with van der Waals surface area (Å²) in [4.78, 5) is 0.